The Kier molecular flexibility index (Phi) is 4.42. The van der Waals surface area contributed by atoms with E-state index in [4.69, 9.17) is 9.52 Å². The number of aryl methyl sites for hydroxylation is 2. The molecule has 2 rings (SSSR count). The minimum atomic E-state index is -1.03. The first-order valence-corrected chi connectivity index (χ1v) is 7.15. The number of rotatable bonds is 5. The Morgan fingerprint density at radius 1 is 1.43 bits per heavy atom. The Hall–Kier alpha value is -2.15. The van der Waals surface area contributed by atoms with Crippen molar-refractivity contribution in [2.24, 2.45) is 0 Å². The Morgan fingerprint density at radius 3 is 2.71 bits per heavy atom. The minimum Gasteiger partial charge on any atom is -0.481 e. The SMILES string of the molecule is Cc1ncc(CN(C)C(=O)c2c(C)coc2CC(=O)O)s1. The molecule has 112 valence electrons. The van der Waals surface area contributed by atoms with Gasteiger partial charge in [-0.3, -0.25) is 9.59 Å². The second kappa shape index (κ2) is 6.09. The fourth-order valence-electron chi connectivity index (χ4n) is 2.03. The third kappa shape index (κ3) is 3.49. The van der Waals surface area contributed by atoms with Gasteiger partial charge in [-0.1, -0.05) is 0 Å². The summed E-state index contributed by atoms with van der Waals surface area (Å²) in [7, 11) is 1.67. The van der Waals surface area contributed by atoms with Gasteiger partial charge in [0.1, 0.15) is 12.2 Å². The van der Waals surface area contributed by atoms with E-state index >= 15 is 0 Å². The van der Waals surface area contributed by atoms with Crippen LogP contribution >= 0.6 is 11.3 Å². The summed E-state index contributed by atoms with van der Waals surface area (Å²) in [6.45, 7) is 4.06. The standard InChI is InChI=1S/C14H16N2O4S/c1-8-7-20-11(4-12(17)18)13(8)14(19)16(3)6-10-5-15-9(2)21-10/h5,7H,4,6H2,1-3H3,(H,17,18). The van der Waals surface area contributed by atoms with E-state index in [2.05, 4.69) is 4.98 Å². The fourth-order valence-corrected chi connectivity index (χ4v) is 2.88. The summed E-state index contributed by atoms with van der Waals surface area (Å²) in [6, 6.07) is 0. The lowest BCUT2D eigenvalue weighted by Crippen LogP contribution is -2.27. The lowest BCUT2D eigenvalue weighted by Gasteiger charge is -2.16. The van der Waals surface area contributed by atoms with E-state index in [1.165, 1.54) is 22.5 Å². The molecule has 2 aromatic heterocycles. The first-order chi connectivity index (χ1) is 9.88. The zero-order valence-corrected chi connectivity index (χ0v) is 12.9. The number of aromatic nitrogens is 1. The van der Waals surface area contributed by atoms with Crippen molar-refractivity contribution in [1.82, 2.24) is 9.88 Å². The summed E-state index contributed by atoms with van der Waals surface area (Å²) in [5.41, 5.74) is 0.977. The van der Waals surface area contributed by atoms with E-state index in [-0.39, 0.29) is 18.1 Å². The van der Waals surface area contributed by atoms with Crippen molar-refractivity contribution in [3.8, 4) is 0 Å². The largest absolute Gasteiger partial charge is 0.481 e. The van der Waals surface area contributed by atoms with E-state index in [0.717, 1.165) is 9.88 Å². The van der Waals surface area contributed by atoms with Gasteiger partial charge in [-0.05, 0) is 13.8 Å². The highest BCUT2D eigenvalue weighted by atomic mass is 32.1. The molecule has 1 amide bonds. The molecule has 0 unspecified atom stereocenters. The lowest BCUT2D eigenvalue weighted by molar-refractivity contribution is -0.136. The van der Waals surface area contributed by atoms with Gasteiger partial charge in [0.25, 0.3) is 5.91 Å². The second-order valence-corrected chi connectivity index (χ2v) is 6.11. The van der Waals surface area contributed by atoms with Crippen LogP contribution in [-0.4, -0.2) is 33.9 Å². The quantitative estimate of drug-likeness (QED) is 0.916. The average molecular weight is 308 g/mol. The number of carbonyl (C=O) groups is 2. The number of thiazole rings is 1. The normalized spacial score (nSPS) is 10.6. The van der Waals surface area contributed by atoms with Gasteiger partial charge in [0.05, 0.1) is 23.4 Å². The number of carboxylic acids is 1. The summed E-state index contributed by atoms with van der Waals surface area (Å²) >= 11 is 1.53. The number of furan rings is 1. The smallest absolute Gasteiger partial charge is 0.311 e. The molecule has 0 aliphatic carbocycles. The number of carboxylic acid groups (broad SMARTS) is 1. The molecule has 6 nitrogen and oxygen atoms in total. The van der Waals surface area contributed by atoms with Gasteiger partial charge in [-0.25, -0.2) is 4.98 Å². The van der Waals surface area contributed by atoms with Crippen molar-refractivity contribution in [1.29, 1.82) is 0 Å². The molecular formula is C14H16N2O4S. The predicted octanol–water partition coefficient (Wildman–Crippen LogP) is 2.25. The molecule has 0 saturated carbocycles. The molecule has 2 aromatic rings. The van der Waals surface area contributed by atoms with Gasteiger partial charge in [0.15, 0.2) is 0 Å². The molecule has 0 fully saturated rings. The third-order valence-electron chi connectivity index (χ3n) is 2.99. The third-order valence-corrected chi connectivity index (χ3v) is 3.88. The summed E-state index contributed by atoms with van der Waals surface area (Å²) in [5.74, 6) is -1.08. The maximum Gasteiger partial charge on any atom is 0.311 e. The predicted molar refractivity (Wildman–Crippen MR) is 77.4 cm³/mol. The van der Waals surface area contributed by atoms with Crippen LogP contribution in [0.4, 0.5) is 0 Å². The van der Waals surface area contributed by atoms with E-state index in [1.807, 2.05) is 6.92 Å². The number of hydrogen-bond acceptors (Lipinski definition) is 5. The monoisotopic (exact) mass is 308 g/mol. The van der Waals surface area contributed by atoms with Gasteiger partial charge in [0.2, 0.25) is 0 Å². The molecule has 0 bridgehead atoms. The van der Waals surface area contributed by atoms with Crippen LogP contribution in [0.2, 0.25) is 0 Å². The molecule has 0 aliphatic heterocycles. The fraction of sp³-hybridized carbons (Fsp3) is 0.357. The van der Waals surface area contributed by atoms with Gasteiger partial charge in [-0.15, -0.1) is 11.3 Å². The van der Waals surface area contributed by atoms with Crippen LogP contribution in [-0.2, 0) is 17.8 Å². The molecule has 0 aliphatic rings. The van der Waals surface area contributed by atoms with Crippen molar-refractivity contribution in [3.63, 3.8) is 0 Å². The maximum atomic E-state index is 12.5. The topological polar surface area (TPSA) is 83.6 Å². The van der Waals surface area contributed by atoms with Crippen LogP contribution in [0.3, 0.4) is 0 Å². The molecule has 0 atom stereocenters. The number of nitrogens with zero attached hydrogens (tertiary/aromatic N) is 2. The molecule has 2 heterocycles. The van der Waals surface area contributed by atoms with Crippen molar-refractivity contribution in [2.75, 3.05) is 7.05 Å². The zero-order valence-electron chi connectivity index (χ0n) is 12.0. The first kappa shape index (κ1) is 15.2. The lowest BCUT2D eigenvalue weighted by atomic mass is 10.1. The number of amides is 1. The van der Waals surface area contributed by atoms with E-state index < -0.39 is 5.97 Å². The van der Waals surface area contributed by atoms with Crippen molar-refractivity contribution >= 4 is 23.2 Å². The van der Waals surface area contributed by atoms with Crippen LogP contribution in [0, 0.1) is 13.8 Å². The van der Waals surface area contributed by atoms with Gasteiger partial charge < -0.3 is 14.4 Å². The summed E-state index contributed by atoms with van der Waals surface area (Å²) in [4.78, 5) is 30.0. The summed E-state index contributed by atoms with van der Waals surface area (Å²) in [6.07, 6.45) is 2.85. The van der Waals surface area contributed by atoms with Crippen molar-refractivity contribution < 1.29 is 19.1 Å². The molecule has 0 spiro atoms. The summed E-state index contributed by atoms with van der Waals surface area (Å²) in [5, 5.41) is 9.81. The van der Waals surface area contributed by atoms with Crippen LogP contribution in [0.25, 0.3) is 0 Å². The van der Waals surface area contributed by atoms with Crippen molar-refractivity contribution in [3.05, 3.63) is 39.2 Å². The zero-order chi connectivity index (χ0) is 15.6. The minimum absolute atomic E-state index is 0.192. The number of aliphatic carboxylic acids is 1. The van der Waals surface area contributed by atoms with Gasteiger partial charge >= 0.3 is 5.97 Å². The van der Waals surface area contributed by atoms with Crippen LogP contribution < -0.4 is 0 Å². The van der Waals surface area contributed by atoms with E-state index in [0.29, 0.717) is 17.7 Å². The Labute approximate surface area is 126 Å². The van der Waals surface area contributed by atoms with Crippen LogP contribution in [0.15, 0.2) is 16.9 Å². The molecule has 0 radical (unpaired) electrons. The average Bonchev–Trinajstić information content (AvgIpc) is 2.95. The molecule has 7 heteroatoms. The van der Waals surface area contributed by atoms with E-state index in [1.54, 1.807) is 20.2 Å². The highest BCUT2D eigenvalue weighted by Gasteiger charge is 2.23. The number of hydrogen-bond donors (Lipinski definition) is 1. The van der Waals surface area contributed by atoms with Crippen molar-refractivity contribution in [2.45, 2.75) is 26.8 Å². The highest BCUT2D eigenvalue weighted by molar-refractivity contribution is 7.11. The Morgan fingerprint density at radius 2 is 2.14 bits per heavy atom. The van der Waals surface area contributed by atoms with Crippen LogP contribution in [0.1, 0.15) is 31.6 Å². The molecule has 0 aromatic carbocycles. The molecule has 1 N–H and O–H groups in total. The first-order valence-electron chi connectivity index (χ1n) is 6.34. The highest BCUT2D eigenvalue weighted by Crippen LogP contribution is 2.21. The second-order valence-electron chi connectivity index (χ2n) is 4.79. The molecular weight excluding hydrogens is 292 g/mol. The molecule has 21 heavy (non-hydrogen) atoms. The Bertz CT molecular complexity index is 674. The van der Waals surface area contributed by atoms with E-state index in [9.17, 15) is 9.59 Å². The maximum absolute atomic E-state index is 12.5. The number of carbonyl (C=O) groups excluding carboxylic acids is 1. The van der Waals surface area contributed by atoms with Crippen LogP contribution in [0.5, 0.6) is 0 Å². The van der Waals surface area contributed by atoms with Gasteiger partial charge in [0, 0.05) is 23.7 Å². The summed E-state index contributed by atoms with van der Waals surface area (Å²) < 4.78 is 5.19. The Balaban J connectivity index is 2.19. The molecule has 0 saturated heterocycles. The van der Waals surface area contributed by atoms with Gasteiger partial charge in [-0.2, -0.15) is 0 Å².